The van der Waals surface area contributed by atoms with E-state index in [9.17, 15) is 9.90 Å². The molecule has 0 fully saturated rings. The summed E-state index contributed by atoms with van der Waals surface area (Å²) in [5.41, 5.74) is 1.04. The van der Waals surface area contributed by atoms with Crippen LogP contribution in [0.2, 0.25) is 0 Å². The van der Waals surface area contributed by atoms with E-state index in [-0.39, 0.29) is 11.9 Å². The number of aliphatic hydroxyl groups is 1. The average molecular weight is 303 g/mol. The largest absolute Gasteiger partial charge is 0.392 e. The second-order valence-electron chi connectivity index (χ2n) is 6.53. The molecule has 0 saturated carbocycles. The Kier molecular flexibility index (Phi) is 6.39. The number of benzene rings is 1. The lowest BCUT2D eigenvalue weighted by atomic mass is 9.81. The molecule has 5 heteroatoms. The molecule has 0 bridgehead atoms. The van der Waals surface area contributed by atoms with Crippen LogP contribution in [0.5, 0.6) is 0 Å². The number of urea groups is 1. The zero-order valence-electron chi connectivity index (χ0n) is 13.7. The molecule has 3 N–H and O–H groups in total. The number of carbonyl (C=O) groups excluding carboxylic acids is 1. The molecule has 0 spiro atoms. The normalized spacial score (nSPS) is 12.6. The van der Waals surface area contributed by atoms with E-state index >= 15 is 0 Å². The van der Waals surface area contributed by atoms with Gasteiger partial charge in [-0.25, -0.2) is 4.79 Å². The first-order valence-electron chi connectivity index (χ1n) is 7.45. The molecule has 1 aromatic carbocycles. The third kappa shape index (κ3) is 5.38. The monoisotopic (exact) mass is 303 g/mol. The van der Waals surface area contributed by atoms with Gasteiger partial charge in [-0.3, -0.25) is 0 Å². The number of hydrogen-bond acceptors (Lipinski definition) is 3. The Bertz CT molecular complexity index is 547. The van der Waals surface area contributed by atoms with Crippen LogP contribution in [-0.4, -0.2) is 23.8 Å². The van der Waals surface area contributed by atoms with E-state index in [2.05, 4.69) is 16.7 Å². The number of nitrogens with one attached hydrogen (secondary N) is 2. The highest BCUT2D eigenvalue weighted by molar-refractivity contribution is 5.73. The Labute approximate surface area is 132 Å². The van der Waals surface area contributed by atoms with Gasteiger partial charge in [-0.1, -0.05) is 39.8 Å². The minimum atomic E-state index is -0.486. The quantitative estimate of drug-likeness (QED) is 0.754. The molecule has 0 aromatic heterocycles. The van der Waals surface area contributed by atoms with Gasteiger partial charge in [0.05, 0.1) is 17.7 Å². The predicted octanol–water partition coefficient (Wildman–Crippen LogP) is 2.40. The maximum Gasteiger partial charge on any atom is 0.315 e. The van der Waals surface area contributed by atoms with Crippen molar-refractivity contribution in [3.05, 3.63) is 35.4 Å². The van der Waals surface area contributed by atoms with E-state index in [4.69, 9.17) is 5.26 Å². The number of aliphatic hydroxyl groups excluding tert-OH is 1. The van der Waals surface area contributed by atoms with Crippen molar-refractivity contribution >= 4 is 6.03 Å². The lowest BCUT2D eigenvalue weighted by molar-refractivity contribution is 0.0151. The summed E-state index contributed by atoms with van der Waals surface area (Å²) < 4.78 is 0. The Morgan fingerprint density at radius 1 is 1.36 bits per heavy atom. The number of rotatable bonds is 6. The molecule has 1 atom stereocenters. The van der Waals surface area contributed by atoms with Crippen molar-refractivity contribution in [1.82, 2.24) is 10.6 Å². The highest BCUT2D eigenvalue weighted by Crippen LogP contribution is 2.24. The van der Waals surface area contributed by atoms with Crippen LogP contribution in [-0.2, 0) is 6.54 Å². The molecule has 120 valence electrons. The van der Waals surface area contributed by atoms with Gasteiger partial charge in [-0.2, -0.15) is 5.26 Å². The number of amides is 2. The van der Waals surface area contributed by atoms with Crippen molar-refractivity contribution in [2.75, 3.05) is 6.54 Å². The molecule has 0 aliphatic rings. The number of nitrogens with zero attached hydrogens (tertiary/aromatic N) is 1. The first kappa shape index (κ1) is 18.0. The van der Waals surface area contributed by atoms with Gasteiger partial charge in [0, 0.05) is 18.5 Å². The Balaban J connectivity index is 2.45. The Morgan fingerprint density at radius 2 is 2.05 bits per heavy atom. The molecule has 0 heterocycles. The number of carbonyl (C=O) groups is 1. The molecular formula is C17H25N3O2. The number of hydrogen-bond donors (Lipinski definition) is 3. The summed E-state index contributed by atoms with van der Waals surface area (Å²) in [5.74, 6) is 0.133. The Morgan fingerprint density at radius 3 is 2.64 bits per heavy atom. The fourth-order valence-corrected chi connectivity index (χ4v) is 2.31. The topological polar surface area (TPSA) is 85.2 Å². The standard InChI is InChI=1S/C17H25N3O2/c1-12(2)15(21)17(3,4)11-20-16(22)19-10-14-7-5-6-13(8-14)9-18/h5-8,12,15,21H,10-11H2,1-4H3,(H2,19,20,22). The first-order valence-corrected chi connectivity index (χ1v) is 7.45. The summed E-state index contributed by atoms with van der Waals surface area (Å²) in [7, 11) is 0. The lowest BCUT2D eigenvalue weighted by Gasteiger charge is -2.33. The van der Waals surface area contributed by atoms with Gasteiger partial charge in [-0.05, 0) is 23.6 Å². The summed E-state index contributed by atoms with van der Waals surface area (Å²) in [6, 6.07) is 8.89. The van der Waals surface area contributed by atoms with E-state index < -0.39 is 11.5 Å². The molecule has 0 saturated heterocycles. The fraction of sp³-hybridized carbons (Fsp3) is 0.529. The van der Waals surface area contributed by atoms with E-state index in [1.807, 2.05) is 33.8 Å². The fourth-order valence-electron chi connectivity index (χ4n) is 2.31. The van der Waals surface area contributed by atoms with Gasteiger partial charge in [0.25, 0.3) is 0 Å². The minimum Gasteiger partial charge on any atom is -0.392 e. The summed E-state index contributed by atoms with van der Waals surface area (Å²) in [6.07, 6.45) is -0.486. The van der Waals surface area contributed by atoms with Crippen molar-refractivity contribution in [3.63, 3.8) is 0 Å². The smallest absolute Gasteiger partial charge is 0.315 e. The molecule has 0 aliphatic carbocycles. The molecule has 22 heavy (non-hydrogen) atoms. The van der Waals surface area contributed by atoms with E-state index in [1.165, 1.54) is 0 Å². The van der Waals surface area contributed by atoms with Crippen LogP contribution in [0.1, 0.15) is 38.8 Å². The molecule has 2 amide bonds. The second kappa shape index (κ2) is 7.81. The number of nitriles is 1. The molecular weight excluding hydrogens is 278 g/mol. The predicted molar refractivity (Wildman–Crippen MR) is 86.0 cm³/mol. The van der Waals surface area contributed by atoms with Crippen molar-refractivity contribution in [2.24, 2.45) is 11.3 Å². The molecule has 0 radical (unpaired) electrons. The van der Waals surface area contributed by atoms with Crippen LogP contribution >= 0.6 is 0 Å². The van der Waals surface area contributed by atoms with Crippen molar-refractivity contribution < 1.29 is 9.90 Å². The zero-order chi connectivity index (χ0) is 16.8. The molecule has 0 aliphatic heterocycles. The maximum absolute atomic E-state index is 11.8. The lowest BCUT2D eigenvalue weighted by Crippen LogP contribution is -2.46. The van der Waals surface area contributed by atoms with Crippen LogP contribution in [0, 0.1) is 22.7 Å². The van der Waals surface area contributed by atoms with Crippen LogP contribution in [0.25, 0.3) is 0 Å². The van der Waals surface area contributed by atoms with E-state index in [0.717, 1.165) is 5.56 Å². The first-order chi connectivity index (χ1) is 10.3. The minimum absolute atomic E-state index is 0.133. The van der Waals surface area contributed by atoms with Gasteiger partial charge < -0.3 is 15.7 Å². The highest BCUT2D eigenvalue weighted by Gasteiger charge is 2.30. The van der Waals surface area contributed by atoms with Crippen LogP contribution in [0.15, 0.2) is 24.3 Å². The van der Waals surface area contributed by atoms with Gasteiger partial charge >= 0.3 is 6.03 Å². The summed E-state index contributed by atoms with van der Waals surface area (Å²) in [5, 5.41) is 24.5. The molecule has 1 aromatic rings. The SMILES string of the molecule is CC(C)C(O)C(C)(C)CNC(=O)NCc1cccc(C#N)c1. The van der Waals surface area contributed by atoms with E-state index in [0.29, 0.717) is 18.7 Å². The third-order valence-electron chi connectivity index (χ3n) is 3.65. The van der Waals surface area contributed by atoms with Crippen LogP contribution in [0.4, 0.5) is 4.79 Å². The van der Waals surface area contributed by atoms with Gasteiger partial charge in [0.2, 0.25) is 0 Å². The Hall–Kier alpha value is -2.06. The van der Waals surface area contributed by atoms with Crippen molar-refractivity contribution in [1.29, 1.82) is 5.26 Å². The van der Waals surface area contributed by atoms with Crippen molar-refractivity contribution in [3.8, 4) is 6.07 Å². The molecule has 1 unspecified atom stereocenters. The summed E-state index contributed by atoms with van der Waals surface area (Å²) in [6.45, 7) is 8.50. The molecule has 1 rings (SSSR count). The zero-order valence-corrected chi connectivity index (χ0v) is 13.7. The third-order valence-corrected chi connectivity index (χ3v) is 3.65. The van der Waals surface area contributed by atoms with Gasteiger partial charge in [0.15, 0.2) is 0 Å². The van der Waals surface area contributed by atoms with Gasteiger partial charge in [0.1, 0.15) is 0 Å². The highest BCUT2D eigenvalue weighted by atomic mass is 16.3. The van der Waals surface area contributed by atoms with Crippen LogP contribution in [0.3, 0.4) is 0 Å². The molecule has 5 nitrogen and oxygen atoms in total. The summed E-state index contributed by atoms with van der Waals surface area (Å²) >= 11 is 0. The average Bonchev–Trinajstić information content (AvgIpc) is 2.50. The second-order valence-corrected chi connectivity index (χ2v) is 6.53. The summed E-state index contributed by atoms with van der Waals surface area (Å²) in [4.78, 5) is 11.8. The maximum atomic E-state index is 11.8. The van der Waals surface area contributed by atoms with E-state index in [1.54, 1.807) is 18.2 Å². The van der Waals surface area contributed by atoms with Gasteiger partial charge in [-0.15, -0.1) is 0 Å². The van der Waals surface area contributed by atoms with Crippen molar-refractivity contribution in [2.45, 2.75) is 40.3 Å². The van der Waals surface area contributed by atoms with Crippen LogP contribution < -0.4 is 10.6 Å².